The molecular formula is C20H28FN7O3. The lowest BCUT2D eigenvalue weighted by molar-refractivity contribution is 0.0968. The molecule has 1 aliphatic heterocycles. The number of hydrogen-bond donors (Lipinski definition) is 3. The van der Waals surface area contributed by atoms with Gasteiger partial charge in [0.1, 0.15) is 22.9 Å². The molecule has 0 aromatic carbocycles. The molecule has 31 heavy (non-hydrogen) atoms. The first kappa shape index (κ1) is 23.8. The van der Waals surface area contributed by atoms with E-state index in [0.717, 1.165) is 13.2 Å². The van der Waals surface area contributed by atoms with Crippen LogP contribution < -0.4 is 21.9 Å². The summed E-state index contributed by atoms with van der Waals surface area (Å²) in [6.45, 7) is 2.00. The van der Waals surface area contributed by atoms with Gasteiger partial charge in [0.15, 0.2) is 5.65 Å². The van der Waals surface area contributed by atoms with Crippen LogP contribution in [0.15, 0.2) is 35.4 Å². The predicted molar refractivity (Wildman–Crippen MR) is 118 cm³/mol. The van der Waals surface area contributed by atoms with E-state index in [9.17, 15) is 14.0 Å². The fourth-order valence-corrected chi connectivity index (χ4v) is 2.90. The highest BCUT2D eigenvalue weighted by atomic mass is 19.1. The highest BCUT2D eigenvalue weighted by molar-refractivity contribution is 5.98. The molecule has 4 heterocycles. The minimum Gasteiger partial charge on any atom is -0.381 e. The van der Waals surface area contributed by atoms with Gasteiger partial charge >= 0.3 is 0 Å². The third-order valence-corrected chi connectivity index (χ3v) is 4.46. The number of nitrogens with one attached hydrogen (secondary N) is 2. The van der Waals surface area contributed by atoms with Gasteiger partial charge in [-0.05, 0) is 31.4 Å². The van der Waals surface area contributed by atoms with Gasteiger partial charge in [0.05, 0.1) is 13.4 Å². The number of carbonyl (C=O) groups excluding carboxylic acids is 1. The van der Waals surface area contributed by atoms with E-state index in [-0.39, 0.29) is 11.1 Å². The number of aromatic nitrogens is 4. The summed E-state index contributed by atoms with van der Waals surface area (Å²) in [5, 5.41) is 10.0. The minimum absolute atomic E-state index is 0.191. The van der Waals surface area contributed by atoms with Gasteiger partial charge in [-0.3, -0.25) is 14.0 Å². The van der Waals surface area contributed by atoms with Crippen LogP contribution in [-0.2, 0) is 11.8 Å². The molecule has 168 valence electrons. The van der Waals surface area contributed by atoms with Crippen molar-refractivity contribution in [3.63, 3.8) is 0 Å². The summed E-state index contributed by atoms with van der Waals surface area (Å²) in [4.78, 5) is 27.9. The van der Waals surface area contributed by atoms with E-state index < -0.39 is 5.91 Å². The number of aryl methyl sites for hydroxylation is 1. The quantitative estimate of drug-likeness (QED) is 0.575. The van der Waals surface area contributed by atoms with Crippen molar-refractivity contribution in [2.24, 2.45) is 12.8 Å². The lowest BCUT2D eigenvalue weighted by atomic mass is 10.2. The van der Waals surface area contributed by atoms with Crippen molar-refractivity contribution in [1.29, 1.82) is 0 Å². The van der Waals surface area contributed by atoms with E-state index in [1.165, 1.54) is 34.5 Å². The first-order valence-corrected chi connectivity index (χ1v) is 9.76. The number of alkyl halides is 1. The van der Waals surface area contributed by atoms with Crippen LogP contribution in [0.25, 0.3) is 5.65 Å². The highest BCUT2D eigenvalue weighted by Crippen LogP contribution is 2.20. The maximum Gasteiger partial charge on any atom is 0.274 e. The number of amides is 1. The SMILES string of the molecule is C1CCOCC1.CF.CNc1cc(Nc2cccn(C)c2=O)nc2c(C(N)=O)cnn12. The molecular weight excluding hydrogens is 405 g/mol. The molecule has 1 saturated heterocycles. The smallest absolute Gasteiger partial charge is 0.274 e. The number of carbonyl (C=O) groups is 1. The molecule has 0 aliphatic carbocycles. The minimum atomic E-state index is -0.623. The van der Waals surface area contributed by atoms with Crippen LogP contribution in [0.1, 0.15) is 29.6 Å². The van der Waals surface area contributed by atoms with Gasteiger partial charge in [-0.15, -0.1) is 0 Å². The van der Waals surface area contributed by atoms with Crippen LogP contribution in [-0.4, -0.2) is 52.5 Å². The van der Waals surface area contributed by atoms with Gasteiger partial charge < -0.3 is 25.7 Å². The van der Waals surface area contributed by atoms with Crippen molar-refractivity contribution in [2.45, 2.75) is 19.3 Å². The lowest BCUT2D eigenvalue weighted by Crippen LogP contribution is -2.19. The summed E-state index contributed by atoms with van der Waals surface area (Å²) < 4.78 is 17.5. The Morgan fingerprint density at radius 2 is 1.97 bits per heavy atom. The molecule has 1 aliphatic rings. The second-order valence-electron chi connectivity index (χ2n) is 6.57. The van der Waals surface area contributed by atoms with E-state index in [0.29, 0.717) is 30.1 Å². The normalized spacial score (nSPS) is 12.8. The molecule has 0 saturated carbocycles. The number of anilines is 3. The van der Waals surface area contributed by atoms with Crippen LogP contribution >= 0.6 is 0 Å². The summed E-state index contributed by atoms with van der Waals surface area (Å²) in [5.74, 6) is 0.369. The summed E-state index contributed by atoms with van der Waals surface area (Å²) in [5.41, 5.74) is 6.02. The van der Waals surface area contributed by atoms with Crippen LogP contribution in [0.5, 0.6) is 0 Å². The Balaban J connectivity index is 0.000000363. The Morgan fingerprint density at radius 3 is 2.52 bits per heavy atom. The number of halogens is 1. The molecule has 1 fully saturated rings. The number of ether oxygens (including phenoxy) is 1. The summed E-state index contributed by atoms with van der Waals surface area (Å²) >= 11 is 0. The first-order valence-electron chi connectivity index (χ1n) is 9.76. The van der Waals surface area contributed by atoms with Crippen molar-refractivity contribution in [2.75, 3.05) is 38.1 Å². The van der Waals surface area contributed by atoms with Gasteiger partial charge in [-0.1, -0.05) is 0 Å². The van der Waals surface area contributed by atoms with E-state index in [4.69, 9.17) is 10.5 Å². The van der Waals surface area contributed by atoms with E-state index >= 15 is 0 Å². The van der Waals surface area contributed by atoms with Gasteiger partial charge in [-0.25, -0.2) is 4.98 Å². The summed E-state index contributed by atoms with van der Waals surface area (Å²) in [6, 6.07) is 5.07. The second kappa shape index (κ2) is 11.6. The zero-order valence-corrected chi connectivity index (χ0v) is 17.9. The summed E-state index contributed by atoms with van der Waals surface area (Å²) in [6.07, 6.45) is 6.95. The van der Waals surface area contributed by atoms with Crippen molar-refractivity contribution >= 4 is 28.9 Å². The molecule has 3 aromatic rings. The Kier molecular flexibility index (Phi) is 8.94. The van der Waals surface area contributed by atoms with Gasteiger partial charge in [-0.2, -0.15) is 9.61 Å². The number of hydrogen-bond acceptors (Lipinski definition) is 7. The summed E-state index contributed by atoms with van der Waals surface area (Å²) in [7, 11) is 3.87. The third kappa shape index (κ3) is 6.01. The predicted octanol–water partition coefficient (Wildman–Crippen LogP) is 2.08. The molecule has 3 aromatic heterocycles. The van der Waals surface area contributed by atoms with Crippen molar-refractivity contribution < 1.29 is 13.9 Å². The molecule has 0 bridgehead atoms. The number of nitrogens with zero attached hydrogens (tertiary/aromatic N) is 4. The third-order valence-electron chi connectivity index (χ3n) is 4.46. The number of fused-ring (bicyclic) bond motifs is 1. The van der Waals surface area contributed by atoms with Crippen molar-refractivity contribution in [3.05, 3.63) is 46.5 Å². The fraction of sp³-hybridized carbons (Fsp3) is 0.400. The average Bonchev–Trinajstić information content (AvgIpc) is 3.24. The number of primary amides is 1. The zero-order valence-electron chi connectivity index (χ0n) is 17.9. The first-order chi connectivity index (χ1) is 15.0. The maximum atomic E-state index is 12.1. The van der Waals surface area contributed by atoms with Crippen molar-refractivity contribution in [1.82, 2.24) is 19.2 Å². The molecule has 11 heteroatoms. The second-order valence-corrected chi connectivity index (χ2v) is 6.57. The Hall–Kier alpha value is -3.47. The number of rotatable bonds is 4. The van der Waals surface area contributed by atoms with E-state index in [2.05, 4.69) is 20.7 Å². The van der Waals surface area contributed by atoms with Gasteiger partial charge in [0.25, 0.3) is 11.5 Å². The van der Waals surface area contributed by atoms with E-state index in [1.807, 2.05) is 0 Å². The highest BCUT2D eigenvalue weighted by Gasteiger charge is 2.15. The van der Waals surface area contributed by atoms with Crippen LogP contribution in [0.4, 0.5) is 21.7 Å². The molecule has 10 nitrogen and oxygen atoms in total. The molecule has 0 atom stereocenters. The number of nitrogens with two attached hydrogens (primary N) is 1. The molecule has 4 N–H and O–H groups in total. The molecule has 1 amide bonds. The molecule has 0 radical (unpaired) electrons. The van der Waals surface area contributed by atoms with Crippen LogP contribution in [0, 0.1) is 0 Å². The monoisotopic (exact) mass is 433 g/mol. The van der Waals surface area contributed by atoms with Crippen LogP contribution in [0.2, 0.25) is 0 Å². The number of pyridine rings is 1. The largest absolute Gasteiger partial charge is 0.381 e. The Bertz CT molecular complexity index is 1050. The van der Waals surface area contributed by atoms with E-state index in [1.54, 1.807) is 38.5 Å². The standard InChI is InChI=1S/C14H15N7O2.C5H10O.CH3F/c1-16-11-6-10(18-9-4-3-5-20(2)14(9)23)19-13-8(12(15)22)7-17-21(11)13;1-2-4-6-5-3-1;1-2/h3-7,16H,1-2H3,(H2,15,22)(H,18,19);1-5H2;1H3. The topological polar surface area (TPSA) is 129 Å². The Labute approximate surface area is 179 Å². The zero-order chi connectivity index (χ0) is 22.8. The van der Waals surface area contributed by atoms with Gasteiger partial charge in [0, 0.05) is 39.6 Å². The fourth-order valence-electron chi connectivity index (χ4n) is 2.90. The van der Waals surface area contributed by atoms with Gasteiger partial charge in [0.2, 0.25) is 0 Å². The van der Waals surface area contributed by atoms with Crippen LogP contribution in [0.3, 0.4) is 0 Å². The van der Waals surface area contributed by atoms with Crippen molar-refractivity contribution in [3.8, 4) is 0 Å². The molecule has 0 unspecified atom stereocenters. The lowest BCUT2D eigenvalue weighted by Gasteiger charge is -2.10. The Morgan fingerprint density at radius 1 is 1.26 bits per heavy atom. The molecule has 0 spiro atoms. The molecule has 4 rings (SSSR count). The average molecular weight is 433 g/mol. The maximum absolute atomic E-state index is 12.1.